The van der Waals surface area contributed by atoms with Gasteiger partial charge in [-0.1, -0.05) is 18.0 Å². The third-order valence-corrected chi connectivity index (χ3v) is 3.47. The average Bonchev–Trinajstić information content (AvgIpc) is 2.96. The molecule has 0 saturated heterocycles. The predicted octanol–water partition coefficient (Wildman–Crippen LogP) is 3.12. The van der Waals surface area contributed by atoms with Crippen molar-refractivity contribution in [3.63, 3.8) is 0 Å². The minimum absolute atomic E-state index is 0.637. The van der Waals surface area contributed by atoms with Crippen LogP contribution in [-0.2, 0) is 6.42 Å². The van der Waals surface area contributed by atoms with E-state index in [9.17, 15) is 0 Å². The van der Waals surface area contributed by atoms with Gasteiger partial charge in [-0.15, -0.1) is 0 Å². The molecule has 0 spiro atoms. The average molecular weight is 289 g/mol. The van der Waals surface area contributed by atoms with E-state index < -0.39 is 0 Å². The number of rotatable bonds is 8. The van der Waals surface area contributed by atoms with E-state index in [1.807, 2.05) is 25.1 Å². The molecule has 0 aliphatic carbocycles. The molecule has 2 rings (SSSR count). The molecule has 0 aliphatic rings. The number of unbranched alkanes of at least 4 members (excludes halogenated alkanes) is 3. The second kappa shape index (κ2) is 7.78. The topological polar surface area (TPSA) is 74.2 Å². The molecule has 21 heavy (non-hydrogen) atoms. The first kappa shape index (κ1) is 15.5. The molecule has 0 fully saturated rings. The van der Waals surface area contributed by atoms with Gasteiger partial charge in [0.05, 0.1) is 7.11 Å². The number of hydrogen-bond acceptors (Lipinski definition) is 5. The summed E-state index contributed by atoms with van der Waals surface area (Å²) < 4.78 is 10.6. The zero-order chi connectivity index (χ0) is 15.1. The summed E-state index contributed by atoms with van der Waals surface area (Å²) in [5.41, 5.74) is 7.48. The van der Waals surface area contributed by atoms with E-state index in [1.54, 1.807) is 7.11 Å². The second-order valence-electron chi connectivity index (χ2n) is 5.15. The van der Waals surface area contributed by atoms with Gasteiger partial charge in [-0.2, -0.15) is 4.98 Å². The molecule has 0 radical (unpaired) electrons. The van der Waals surface area contributed by atoms with E-state index in [1.165, 1.54) is 0 Å². The van der Waals surface area contributed by atoms with Crippen molar-refractivity contribution >= 4 is 0 Å². The van der Waals surface area contributed by atoms with Gasteiger partial charge in [0.2, 0.25) is 11.7 Å². The standard InChI is InChI=1S/C16H23N3O2/c1-12-11-13(8-9-14(12)20-2)16-18-15(21-19-16)7-5-3-4-6-10-17/h8-9,11H,3-7,10,17H2,1-2H3. The Morgan fingerprint density at radius 3 is 2.71 bits per heavy atom. The van der Waals surface area contributed by atoms with Gasteiger partial charge in [0.15, 0.2) is 0 Å². The van der Waals surface area contributed by atoms with Crippen LogP contribution in [0.2, 0.25) is 0 Å². The van der Waals surface area contributed by atoms with Crippen LogP contribution in [0.3, 0.4) is 0 Å². The van der Waals surface area contributed by atoms with Crippen molar-refractivity contribution in [2.45, 2.75) is 39.0 Å². The summed E-state index contributed by atoms with van der Waals surface area (Å²) in [6.45, 7) is 2.77. The Morgan fingerprint density at radius 1 is 1.19 bits per heavy atom. The lowest BCUT2D eigenvalue weighted by Crippen LogP contribution is -1.97. The fourth-order valence-electron chi connectivity index (χ4n) is 2.27. The lowest BCUT2D eigenvalue weighted by atomic mass is 10.1. The Balaban J connectivity index is 1.94. The van der Waals surface area contributed by atoms with Crippen molar-refractivity contribution in [3.8, 4) is 17.1 Å². The van der Waals surface area contributed by atoms with Crippen LogP contribution in [0.1, 0.15) is 37.1 Å². The minimum atomic E-state index is 0.637. The number of aryl methyl sites for hydroxylation is 2. The first-order valence-electron chi connectivity index (χ1n) is 7.42. The van der Waals surface area contributed by atoms with Crippen molar-refractivity contribution in [3.05, 3.63) is 29.7 Å². The van der Waals surface area contributed by atoms with E-state index in [2.05, 4.69) is 10.1 Å². The number of aromatic nitrogens is 2. The van der Waals surface area contributed by atoms with Crippen LogP contribution < -0.4 is 10.5 Å². The van der Waals surface area contributed by atoms with Crippen molar-refractivity contribution in [1.82, 2.24) is 10.1 Å². The molecule has 0 saturated carbocycles. The lowest BCUT2D eigenvalue weighted by molar-refractivity contribution is 0.374. The number of methoxy groups -OCH3 is 1. The maximum Gasteiger partial charge on any atom is 0.226 e. The van der Waals surface area contributed by atoms with E-state index in [-0.39, 0.29) is 0 Å². The Morgan fingerprint density at radius 2 is 2.00 bits per heavy atom. The van der Waals surface area contributed by atoms with E-state index in [0.717, 1.165) is 55.5 Å². The number of benzene rings is 1. The van der Waals surface area contributed by atoms with Crippen molar-refractivity contribution in [1.29, 1.82) is 0 Å². The molecular formula is C16H23N3O2. The highest BCUT2D eigenvalue weighted by atomic mass is 16.5. The van der Waals surface area contributed by atoms with E-state index in [0.29, 0.717) is 11.7 Å². The predicted molar refractivity (Wildman–Crippen MR) is 82.2 cm³/mol. The third kappa shape index (κ3) is 4.29. The molecule has 1 aromatic carbocycles. The maximum atomic E-state index is 5.47. The molecule has 0 amide bonds. The smallest absolute Gasteiger partial charge is 0.226 e. The highest BCUT2D eigenvalue weighted by molar-refractivity contribution is 5.58. The Labute approximate surface area is 125 Å². The Bertz CT molecular complexity index is 566. The minimum Gasteiger partial charge on any atom is -0.496 e. The summed E-state index contributed by atoms with van der Waals surface area (Å²) in [4.78, 5) is 4.45. The molecule has 2 N–H and O–H groups in total. The Kier molecular flexibility index (Phi) is 5.75. The molecule has 0 bridgehead atoms. The molecule has 0 atom stereocenters. The molecule has 114 valence electrons. The van der Waals surface area contributed by atoms with Gasteiger partial charge in [-0.3, -0.25) is 0 Å². The van der Waals surface area contributed by atoms with Gasteiger partial charge < -0.3 is 15.0 Å². The molecule has 1 aromatic heterocycles. The summed E-state index contributed by atoms with van der Waals surface area (Å²) in [5.74, 6) is 2.20. The first-order valence-corrected chi connectivity index (χ1v) is 7.42. The molecule has 0 aliphatic heterocycles. The van der Waals surface area contributed by atoms with Gasteiger partial charge in [0.25, 0.3) is 0 Å². The molecule has 5 heteroatoms. The van der Waals surface area contributed by atoms with Crippen LogP contribution in [-0.4, -0.2) is 23.8 Å². The molecule has 5 nitrogen and oxygen atoms in total. The number of ether oxygens (including phenoxy) is 1. The summed E-state index contributed by atoms with van der Waals surface area (Å²) >= 11 is 0. The fraction of sp³-hybridized carbons (Fsp3) is 0.500. The van der Waals surface area contributed by atoms with Crippen molar-refractivity contribution in [2.75, 3.05) is 13.7 Å². The van der Waals surface area contributed by atoms with Crippen LogP contribution >= 0.6 is 0 Å². The van der Waals surface area contributed by atoms with Crippen LogP contribution in [0.15, 0.2) is 22.7 Å². The highest BCUT2D eigenvalue weighted by Crippen LogP contribution is 2.24. The zero-order valence-electron chi connectivity index (χ0n) is 12.8. The van der Waals surface area contributed by atoms with Crippen LogP contribution in [0.25, 0.3) is 11.4 Å². The van der Waals surface area contributed by atoms with Crippen LogP contribution in [0.5, 0.6) is 5.75 Å². The van der Waals surface area contributed by atoms with Crippen LogP contribution in [0.4, 0.5) is 0 Å². The Hall–Kier alpha value is -1.88. The summed E-state index contributed by atoms with van der Waals surface area (Å²) in [7, 11) is 1.67. The normalized spacial score (nSPS) is 10.8. The monoisotopic (exact) mass is 289 g/mol. The molecule has 0 unspecified atom stereocenters. The summed E-state index contributed by atoms with van der Waals surface area (Å²) in [5, 5.41) is 4.05. The number of hydrogen-bond donors (Lipinski definition) is 1. The van der Waals surface area contributed by atoms with Gasteiger partial charge in [0.1, 0.15) is 5.75 Å². The van der Waals surface area contributed by atoms with Gasteiger partial charge in [-0.25, -0.2) is 0 Å². The quantitative estimate of drug-likeness (QED) is 0.756. The third-order valence-electron chi connectivity index (χ3n) is 3.47. The fourth-order valence-corrected chi connectivity index (χ4v) is 2.27. The van der Waals surface area contributed by atoms with Crippen molar-refractivity contribution in [2.24, 2.45) is 5.73 Å². The van der Waals surface area contributed by atoms with Gasteiger partial charge in [-0.05, 0) is 50.1 Å². The summed E-state index contributed by atoms with van der Waals surface area (Å²) in [6, 6.07) is 5.88. The molecule has 1 heterocycles. The lowest BCUT2D eigenvalue weighted by Gasteiger charge is -2.04. The van der Waals surface area contributed by atoms with E-state index in [4.69, 9.17) is 15.0 Å². The first-order chi connectivity index (χ1) is 10.2. The number of nitrogens with zero attached hydrogens (tertiary/aromatic N) is 2. The van der Waals surface area contributed by atoms with E-state index >= 15 is 0 Å². The van der Waals surface area contributed by atoms with Gasteiger partial charge >= 0.3 is 0 Å². The van der Waals surface area contributed by atoms with Crippen LogP contribution in [0, 0.1) is 6.92 Å². The second-order valence-corrected chi connectivity index (χ2v) is 5.15. The molecule has 2 aromatic rings. The van der Waals surface area contributed by atoms with Crippen molar-refractivity contribution < 1.29 is 9.26 Å². The molecular weight excluding hydrogens is 266 g/mol. The zero-order valence-corrected chi connectivity index (χ0v) is 12.8. The summed E-state index contributed by atoms with van der Waals surface area (Å²) in [6.07, 6.45) is 5.28. The highest BCUT2D eigenvalue weighted by Gasteiger charge is 2.10. The SMILES string of the molecule is COc1ccc(-c2noc(CCCCCCN)n2)cc1C. The van der Waals surface area contributed by atoms with Gasteiger partial charge in [0, 0.05) is 12.0 Å². The number of nitrogens with two attached hydrogens (primary N) is 1. The largest absolute Gasteiger partial charge is 0.496 e. The maximum absolute atomic E-state index is 5.47.